The van der Waals surface area contributed by atoms with Crippen molar-refractivity contribution < 1.29 is 13.2 Å². The fraction of sp³-hybridized carbons (Fsp3) is 0.300. The second-order valence-corrected chi connectivity index (χ2v) is 8.56. The Labute approximate surface area is 170 Å². The molecule has 29 heavy (non-hydrogen) atoms. The minimum atomic E-state index is -3.53. The zero-order valence-electron chi connectivity index (χ0n) is 16.2. The lowest BCUT2D eigenvalue weighted by molar-refractivity contribution is 0.340. The van der Waals surface area contributed by atoms with Crippen molar-refractivity contribution in [2.75, 3.05) is 37.7 Å². The number of hydrogen-bond donors (Lipinski definition) is 0. The predicted octanol–water partition coefficient (Wildman–Crippen LogP) is 2.18. The van der Waals surface area contributed by atoms with Crippen molar-refractivity contribution in [1.29, 1.82) is 0 Å². The van der Waals surface area contributed by atoms with E-state index in [0.717, 1.165) is 11.6 Å². The molecule has 1 saturated heterocycles. The third-order valence-corrected chi connectivity index (χ3v) is 6.76. The first-order valence-electron chi connectivity index (χ1n) is 9.51. The molecule has 3 aromatic rings. The van der Waals surface area contributed by atoms with Crippen LogP contribution in [0.1, 0.15) is 6.92 Å². The van der Waals surface area contributed by atoms with Gasteiger partial charge in [0.05, 0.1) is 11.5 Å². The second-order valence-electron chi connectivity index (χ2n) is 6.62. The second kappa shape index (κ2) is 8.22. The molecule has 8 nitrogen and oxygen atoms in total. The van der Waals surface area contributed by atoms with E-state index in [1.165, 1.54) is 10.6 Å². The van der Waals surface area contributed by atoms with Crippen molar-refractivity contribution in [2.45, 2.75) is 11.8 Å². The molecule has 0 N–H and O–H groups in total. The highest BCUT2D eigenvalue weighted by molar-refractivity contribution is 7.89. The standard InChI is InChI=1S/C20H23N5O3S/c1-2-28-17-5-7-18(8-6-17)29(26,27)25-13-11-24(12-14-25)20-15-19(21-16-22-20)23-9-3-4-10-23/h3-10,15-16H,2,11-14H2,1H3. The summed E-state index contributed by atoms with van der Waals surface area (Å²) in [4.78, 5) is 11.0. The highest BCUT2D eigenvalue weighted by atomic mass is 32.2. The van der Waals surface area contributed by atoms with E-state index in [-0.39, 0.29) is 4.90 Å². The van der Waals surface area contributed by atoms with Crippen LogP contribution < -0.4 is 9.64 Å². The molecule has 2 aromatic heterocycles. The van der Waals surface area contributed by atoms with E-state index in [2.05, 4.69) is 14.9 Å². The van der Waals surface area contributed by atoms with Gasteiger partial charge >= 0.3 is 0 Å². The lowest BCUT2D eigenvalue weighted by Crippen LogP contribution is -2.48. The third kappa shape index (κ3) is 4.10. The van der Waals surface area contributed by atoms with Gasteiger partial charge in [0.25, 0.3) is 0 Å². The topological polar surface area (TPSA) is 80.6 Å². The minimum absolute atomic E-state index is 0.284. The van der Waals surface area contributed by atoms with Crippen molar-refractivity contribution >= 4 is 15.8 Å². The summed E-state index contributed by atoms with van der Waals surface area (Å²) in [7, 11) is -3.53. The van der Waals surface area contributed by atoms with Crippen molar-refractivity contribution in [3.05, 3.63) is 61.2 Å². The minimum Gasteiger partial charge on any atom is -0.494 e. The SMILES string of the molecule is CCOc1ccc(S(=O)(=O)N2CCN(c3cc(-n4cccc4)ncn3)CC2)cc1. The summed E-state index contributed by atoms with van der Waals surface area (Å²) in [6.07, 6.45) is 5.38. The summed E-state index contributed by atoms with van der Waals surface area (Å²) in [6.45, 7) is 4.38. The number of benzene rings is 1. The molecule has 0 unspecified atom stereocenters. The summed E-state index contributed by atoms with van der Waals surface area (Å²) < 4.78 is 34.7. The smallest absolute Gasteiger partial charge is 0.243 e. The highest BCUT2D eigenvalue weighted by Crippen LogP contribution is 2.22. The number of nitrogens with zero attached hydrogens (tertiary/aromatic N) is 5. The van der Waals surface area contributed by atoms with Gasteiger partial charge in [0.2, 0.25) is 10.0 Å². The van der Waals surface area contributed by atoms with Gasteiger partial charge < -0.3 is 14.2 Å². The Morgan fingerprint density at radius 1 is 0.966 bits per heavy atom. The summed E-state index contributed by atoms with van der Waals surface area (Å²) in [5.41, 5.74) is 0. The Kier molecular flexibility index (Phi) is 5.50. The zero-order valence-corrected chi connectivity index (χ0v) is 17.0. The maximum Gasteiger partial charge on any atom is 0.243 e. The van der Waals surface area contributed by atoms with Crippen LogP contribution in [0.2, 0.25) is 0 Å². The number of hydrogen-bond acceptors (Lipinski definition) is 6. The molecule has 1 fully saturated rings. The Hall–Kier alpha value is -2.91. The molecule has 1 aliphatic heterocycles. The molecule has 9 heteroatoms. The first-order valence-corrected chi connectivity index (χ1v) is 11.0. The highest BCUT2D eigenvalue weighted by Gasteiger charge is 2.29. The third-order valence-electron chi connectivity index (χ3n) is 4.84. The van der Waals surface area contributed by atoms with Gasteiger partial charge in [-0.2, -0.15) is 4.31 Å². The summed E-state index contributed by atoms with van der Waals surface area (Å²) in [5.74, 6) is 2.24. The molecule has 0 amide bonds. The maximum atomic E-state index is 12.9. The van der Waals surface area contributed by atoms with Gasteiger partial charge in [-0.1, -0.05) is 0 Å². The normalized spacial score (nSPS) is 15.4. The van der Waals surface area contributed by atoms with Gasteiger partial charge in [-0.15, -0.1) is 0 Å². The number of aromatic nitrogens is 3. The van der Waals surface area contributed by atoms with Crippen molar-refractivity contribution in [2.24, 2.45) is 0 Å². The average molecular weight is 414 g/mol. The van der Waals surface area contributed by atoms with Crippen LogP contribution in [0.15, 0.2) is 66.1 Å². The molecule has 1 aromatic carbocycles. The first kappa shape index (κ1) is 19.4. The van der Waals surface area contributed by atoms with Crippen LogP contribution >= 0.6 is 0 Å². The molecule has 0 radical (unpaired) electrons. The monoisotopic (exact) mass is 413 g/mol. The molecular formula is C20H23N5O3S. The first-order chi connectivity index (χ1) is 14.1. The van der Waals surface area contributed by atoms with Gasteiger partial charge in [0, 0.05) is 44.6 Å². The van der Waals surface area contributed by atoms with Crippen molar-refractivity contribution in [3.63, 3.8) is 0 Å². The molecular weight excluding hydrogens is 390 g/mol. The molecule has 0 saturated carbocycles. The van der Waals surface area contributed by atoms with Crippen LogP contribution in [-0.4, -0.2) is 60.0 Å². The number of sulfonamides is 1. The van der Waals surface area contributed by atoms with Crippen molar-refractivity contribution in [3.8, 4) is 11.6 Å². The van der Waals surface area contributed by atoms with Crippen LogP contribution in [0.5, 0.6) is 5.75 Å². The van der Waals surface area contributed by atoms with Crippen molar-refractivity contribution in [1.82, 2.24) is 18.8 Å². The van der Waals surface area contributed by atoms with Crippen LogP contribution in [0, 0.1) is 0 Å². The van der Waals surface area contributed by atoms with E-state index in [4.69, 9.17) is 4.74 Å². The van der Waals surface area contributed by atoms with Gasteiger partial charge in [-0.3, -0.25) is 0 Å². The van der Waals surface area contributed by atoms with Gasteiger partial charge in [-0.25, -0.2) is 18.4 Å². The Bertz CT molecular complexity index is 1040. The van der Waals surface area contributed by atoms with Crippen LogP contribution in [0.25, 0.3) is 5.82 Å². The molecule has 0 atom stereocenters. The number of anilines is 1. The van der Waals surface area contributed by atoms with E-state index in [0.29, 0.717) is 38.5 Å². The van der Waals surface area contributed by atoms with Gasteiger partial charge in [-0.05, 0) is 43.3 Å². The summed E-state index contributed by atoms with van der Waals surface area (Å²) in [5, 5.41) is 0. The van der Waals surface area contributed by atoms with Gasteiger partial charge in [0.15, 0.2) is 0 Å². The fourth-order valence-corrected chi connectivity index (χ4v) is 4.74. The van der Waals surface area contributed by atoms with Crippen LogP contribution in [-0.2, 0) is 10.0 Å². The van der Waals surface area contributed by atoms with E-state index in [1.807, 2.05) is 42.1 Å². The van der Waals surface area contributed by atoms with E-state index < -0.39 is 10.0 Å². The van der Waals surface area contributed by atoms with E-state index in [9.17, 15) is 8.42 Å². The largest absolute Gasteiger partial charge is 0.494 e. The molecule has 0 spiro atoms. The van der Waals surface area contributed by atoms with E-state index >= 15 is 0 Å². The number of ether oxygens (including phenoxy) is 1. The van der Waals surface area contributed by atoms with Crippen LogP contribution in [0.4, 0.5) is 5.82 Å². The number of piperazine rings is 1. The predicted molar refractivity (Wildman–Crippen MR) is 110 cm³/mol. The average Bonchev–Trinajstić information content (AvgIpc) is 3.30. The molecule has 0 aliphatic carbocycles. The molecule has 3 heterocycles. The van der Waals surface area contributed by atoms with Gasteiger partial charge in [0.1, 0.15) is 23.7 Å². The molecule has 1 aliphatic rings. The zero-order chi connectivity index (χ0) is 20.3. The Morgan fingerprint density at radius 3 is 2.28 bits per heavy atom. The summed E-state index contributed by atoms with van der Waals surface area (Å²) in [6, 6.07) is 12.4. The lowest BCUT2D eigenvalue weighted by atomic mass is 10.3. The fourth-order valence-electron chi connectivity index (χ4n) is 3.32. The molecule has 152 valence electrons. The summed E-state index contributed by atoms with van der Waals surface area (Å²) >= 11 is 0. The molecule has 4 rings (SSSR count). The quantitative estimate of drug-likeness (QED) is 0.616. The lowest BCUT2D eigenvalue weighted by Gasteiger charge is -2.34. The van der Waals surface area contributed by atoms with Crippen LogP contribution in [0.3, 0.4) is 0 Å². The van der Waals surface area contributed by atoms with E-state index in [1.54, 1.807) is 24.3 Å². The Balaban J connectivity index is 1.44. The Morgan fingerprint density at radius 2 is 1.62 bits per heavy atom. The molecule has 0 bridgehead atoms. The number of rotatable bonds is 6. The maximum absolute atomic E-state index is 12.9.